The number of nitrogens with zero attached hydrogens (tertiary/aromatic N) is 1. The van der Waals surface area contributed by atoms with Gasteiger partial charge in [-0.3, -0.25) is 4.79 Å². The number of carbonyl (C=O) groups is 1. The number of rotatable bonds is 7. The Hall–Kier alpha value is -4.27. The third kappa shape index (κ3) is 5.51. The number of methoxy groups -OCH3 is 1. The fraction of sp³-hybridized carbons (Fsp3) is 0.133. The minimum Gasteiger partial charge on any atom is -0.493 e. The molecule has 0 aromatic heterocycles. The lowest BCUT2D eigenvalue weighted by molar-refractivity contribution is -0.112. The third-order valence-corrected chi connectivity index (χ3v) is 6.10. The highest BCUT2D eigenvalue weighted by atomic mass is 35.5. The van der Waals surface area contributed by atoms with Gasteiger partial charge in [-0.15, -0.1) is 0 Å². The monoisotopic (exact) mass is 496 g/mol. The number of aryl methyl sites for hydroxylation is 2. The number of amides is 1. The SMILES string of the molecule is COc1cc(/C=C(\C#N)C(=O)Nc2cc(C)ccc2C)cc(Cl)c1OCc1cccc2ccccc12. The minimum absolute atomic E-state index is 0.0570. The maximum atomic E-state index is 12.8. The van der Waals surface area contributed by atoms with E-state index in [0.29, 0.717) is 34.4 Å². The predicted molar refractivity (Wildman–Crippen MR) is 144 cm³/mol. The van der Waals surface area contributed by atoms with Crippen LogP contribution in [0.2, 0.25) is 5.02 Å². The van der Waals surface area contributed by atoms with Crippen LogP contribution in [0.4, 0.5) is 5.69 Å². The summed E-state index contributed by atoms with van der Waals surface area (Å²) in [6.45, 7) is 4.13. The summed E-state index contributed by atoms with van der Waals surface area (Å²) >= 11 is 6.55. The molecule has 4 aromatic rings. The van der Waals surface area contributed by atoms with Crippen LogP contribution in [0, 0.1) is 25.2 Å². The molecule has 0 unspecified atom stereocenters. The highest BCUT2D eigenvalue weighted by Crippen LogP contribution is 2.38. The van der Waals surface area contributed by atoms with E-state index < -0.39 is 5.91 Å². The van der Waals surface area contributed by atoms with Gasteiger partial charge < -0.3 is 14.8 Å². The Labute approximate surface area is 215 Å². The number of hydrogen-bond donors (Lipinski definition) is 1. The van der Waals surface area contributed by atoms with Gasteiger partial charge in [0.25, 0.3) is 5.91 Å². The Morgan fingerprint density at radius 2 is 1.83 bits per heavy atom. The van der Waals surface area contributed by atoms with Crippen LogP contribution in [0.3, 0.4) is 0 Å². The second kappa shape index (κ2) is 11.0. The molecule has 0 aliphatic heterocycles. The third-order valence-electron chi connectivity index (χ3n) is 5.82. The molecule has 0 fully saturated rings. The first-order chi connectivity index (χ1) is 17.4. The molecule has 180 valence electrons. The Kier molecular flexibility index (Phi) is 7.58. The van der Waals surface area contributed by atoms with Crippen molar-refractivity contribution in [3.8, 4) is 17.6 Å². The lowest BCUT2D eigenvalue weighted by atomic mass is 10.1. The Morgan fingerprint density at radius 3 is 2.61 bits per heavy atom. The molecule has 4 aromatic carbocycles. The quantitative estimate of drug-likeness (QED) is 0.216. The lowest BCUT2D eigenvalue weighted by Gasteiger charge is -2.15. The molecular formula is C30H25ClN2O3. The summed E-state index contributed by atoms with van der Waals surface area (Å²) in [5.74, 6) is 0.293. The zero-order valence-electron chi connectivity index (χ0n) is 20.3. The number of benzene rings is 4. The van der Waals surface area contributed by atoms with E-state index in [1.807, 2.05) is 68.4 Å². The number of ether oxygens (including phenoxy) is 2. The lowest BCUT2D eigenvalue weighted by Crippen LogP contribution is -2.14. The van der Waals surface area contributed by atoms with Crippen LogP contribution in [0.1, 0.15) is 22.3 Å². The van der Waals surface area contributed by atoms with Crippen LogP contribution < -0.4 is 14.8 Å². The smallest absolute Gasteiger partial charge is 0.266 e. The molecule has 1 amide bonds. The van der Waals surface area contributed by atoms with Crippen molar-refractivity contribution >= 4 is 40.0 Å². The molecule has 0 radical (unpaired) electrons. The second-order valence-electron chi connectivity index (χ2n) is 8.40. The van der Waals surface area contributed by atoms with Crippen molar-refractivity contribution in [2.24, 2.45) is 0 Å². The molecule has 0 heterocycles. The van der Waals surface area contributed by atoms with E-state index in [0.717, 1.165) is 27.5 Å². The number of nitrogens with one attached hydrogen (secondary N) is 1. The van der Waals surface area contributed by atoms with Gasteiger partial charge in [0, 0.05) is 5.69 Å². The van der Waals surface area contributed by atoms with Crippen LogP contribution in [0.5, 0.6) is 11.5 Å². The fourth-order valence-electron chi connectivity index (χ4n) is 3.91. The van der Waals surface area contributed by atoms with Crippen molar-refractivity contribution in [3.05, 3.63) is 106 Å². The fourth-order valence-corrected chi connectivity index (χ4v) is 4.18. The number of fused-ring (bicyclic) bond motifs is 1. The topological polar surface area (TPSA) is 71.3 Å². The summed E-state index contributed by atoms with van der Waals surface area (Å²) < 4.78 is 11.6. The summed E-state index contributed by atoms with van der Waals surface area (Å²) in [5.41, 5.74) is 4.08. The van der Waals surface area contributed by atoms with E-state index in [1.165, 1.54) is 13.2 Å². The first kappa shape index (κ1) is 24.8. The summed E-state index contributed by atoms with van der Waals surface area (Å²) in [4.78, 5) is 12.8. The van der Waals surface area contributed by atoms with Crippen LogP contribution in [-0.2, 0) is 11.4 Å². The van der Waals surface area contributed by atoms with Crippen molar-refractivity contribution in [2.75, 3.05) is 12.4 Å². The Balaban J connectivity index is 1.58. The number of anilines is 1. The maximum Gasteiger partial charge on any atom is 0.266 e. The van der Waals surface area contributed by atoms with E-state index in [2.05, 4.69) is 17.4 Å². The molecule has 0 saturated carbocycles. The van der Waals surface area contributed by atoms with Gasteiger partial charge in [-0.05, 0) is 71.1 Å². The summed E-state index contributed by atoms with van der Waals surface area (Å²) in [6, 6.07) is 25.2. The van der Waals surface area contributed by atoms with E-state index in [1.54, 1.807) is 12.1 Å². The maximum absolute atomic E-state index is 12.8. The molecule has 4 rings (SSSR count). The summed E-state index contributed by atoms with van der Waals surface area (Å²) in [6.07, 6.45) is 1.48. The molecular weight excluding hydrogens is 472 g/mol. The van der Waals surface area contributed by atoms with Gasteiger partial charge in [0.15, 0.2) is 11.5 Å². The Morgan fingerprint density at radius 1 is 1.06 bits per heavy atom. The molecule has 0 spiro atoms. The first-order valence-electron chi connectivity index (χ1n) is 11.4. The van der Waals surface area contributed by atoms with E-state index in [-0.39, 0.29) is 5.57 Å². The van der Waals surface area contributed by atoms with Gasteiger partial charge in [-0.25, -0.2) is 0 Å². The first-order valence-corrected chi connectivity index (χ1v) is 11.7. The van der Waals surface area contributed by atoms with Gasteiger partial charge in [-0.1, -0.05) is 66.2 Å². The Bertz CT molecular complexity index is 1510. The summed E-state index contributed by atoms with van der Waals surface area (Å²) in [7, 11) is 1.52. The van der Waals surface area contributed by atoms with E-state index >= 15 is 0 Å². The van der Waals surface area contributed by atoms with Crippen LogP contribution >= 0.6 is 11.6 Å². The van der Waals surface area contributed by atoms with E-state index in [4.69, 9.17) is 21.1 Å². The molecule has 0 bridgehead atoms. The molecule has 0 saturated heterocycles. The van der Waals surface area contributed by atoms with Gasteiger partial charge in [0.05, 0.1) is 12.1 Å². The number of halogens is 1. The zero-order chi connectivity index (χ0) is 25.7. The molecule has 0 aliphatic carbocycles. The van der Waals surface area contributed by atoms with Crippen molar-refractivity contribution in [1.82, 2.24) is 0 Å². The number of nitriles is 1. The molecule has 5 nitrogen and oxygen atoms in total. The van der Waals surface area contributed by atoms with Gasteiger partial charge in [0.2, 0.25) is 0 Å². The van der Waals surface area contributed by atoms with E-state index in [9.17, 15) is 10.1 Å². The highest BCUT2D eigenvalue weighted by molar-refractivity contribution is 6.32. The number of carbonyl (C=O) groups excluding carboxylic acids is 1. The average Bonchev–Trinajstić information content (AvgIpc) is 2.88. The molecule has 1 N–H and O–H groups in total. The van der Waals surface area contributed by atoms with Crippen molar-refractivity contribution < 1.29 is 14.3 Å². The van der Waals surface area contributed by atoms with Gasteiger partial charge in [-0.2, -0.15) is 5.26 Å². The largest absolute Gasteiger partial charge is 0.493 e. The number of hydrogen-bond acceptors (Lipinski definition) is 4. The highest BCUT2D eigenvalue weighted by Gasteiger charge is 2.15. The predicted octanol–water partition coefficient (Wildman–Crippen LogP) is 7.24. The van der Waals surface area contributed by atoms with Crippen molar-refractivity contribution in [3.63, 3.8) is 0 Å². The normalized spacial score (nSPS) is 11.1. The van der Waals surface area contributed by atoms with Crippen molar-refractivity contribution in [1.29, 1.82) is 5.26 Å². The van der Waals surface area contributed by atoms with Crippen LogP contribution in [-0.4, -0.2) is 13.0 Å². The molecule has 36 heavy (non-hydrogen) atoms. The summed E-state index contributed by atoms with van der Waals surface area (Å²) in [5, 5.41) is 15.0. The average molecular weight is 497 g/mol. The molecule has 6 heteroatoms. The van der Waals surface area contributed by atoms with Gasteiger partial charge in [0.1, 0.15) is 18.2 Å². The zero-order valence-corrected chi connectivity index (χ0v) is 21.0. The standard InChI is InChI=1S/C30H25ClN2O3/c1-19-11-12-20(2)27(13-19)33-30(34)24(17-32)14-21-15-26(31)29(28(16-21)35-3)36-18-23-9-6-8-22-7-4-5-10-25(22)23/h4-16H,18H2,1-3H3,(H,33,34)/b24-14+. The van der Waals surface area contributed by atoms with Crippen LogP contribution in [0.25, 0.3) is 16.8 Å². The van der Waals surface area contributed by atoms with Gasteiger partial charge >= 0.3 is 0 Å². The molecule has 0 aliphatic rings. The minimum atomic E-state index is -0.502. The molecule has 0 atom stereocenters. The van der Waals surface area contributed by atoms with Crippen LogP contribution in [0.15, 0.2) is 78.4 Å². The van der Waals surface area contributed by atoms with Crippen molar-refractivity contribution in [2.45, 2.75) is 20.5 Å². The second-order valence-corrected chi connectivity index (χ2v) is 8.81.